The quantitative estimate of drug-likeness (QED) is 0.754. The molecule has 0 bridgehead atoms. The van der Waals surface area contributed by atoms with E-state index in [1.807, 2.05) is 4.90 Å². The van der Waals surface area contributed by atoms with Gasteiger partial charge in [0.1, 0.15) is 0 Å². The molecule has 0 unspecified atom stereocenters. The summed E-state index contributed by atoms with van der Waals surface area (Å²) < 4.78 is 5.36. The molecule has 1 aliphatic rings. The van der Waals surface area contributed by atoms with E-state index in [1.54, 1.807) is 18.2 Å². The second-order valence-electron chi connectivity index (χ2n) is 4.00. The summed E-state index contributed by atoms with van der Waals surface area (Å²) in [6, 6.07) is 4.98. The Kier molecular flexibility index (Phi) is 3.49. The van der Waals surface area contributed by atoms with Crippen molar-refractivity contribution in [3.05, 3.63) is 23.8 Å². The number of rotatable bonds is 2. The maximum Gasteiger partial charge on any atom is 0.337 e. The lowest BCUT2D eigenvalue weighted by Gasteiger charge is -2.25. The van der Waals surface area contributed by atoms with Crippen molar-refractivity contribution in [3.63, 3.8) is 0 Å². The largest absolute Gasteiger partial charge is 0.478 e. The summed E-state index contributed by atoms with van der Waals surface area (Å²) in [5.41, 5.74) is 7.27. The van der Waals surface area contributed by atoms with Gasteiger partial charge in [-0.3, -0.25) is 0 Å². The number of nitrogen functional groups attached to an aromatic ring is 1. The lowest BCUT2D eigenvalue weighted by Crippen LogP contribution is -2.28. The van der Waals surface area contributed by atoms with E-state index in [1.165, 1.54) is 0 Å². The van der Waals surface area contributed by atoms with Crippen LogP contribution in [0.15, 0.2) is 18.2 Å². The molecule has 5 nitrogen and oxygen atoms in total. The molecule has 0 radical (unpaired) electrons. The second kappa shape index (κ2) is 5.05. The standard InChI is InChI=1S/C12H16N2O3/c13-10-4-1-3-9(12(15)16)11(10)14-5-2-7-17-8-6-14/h1,3-4H,2,5-8,13H2,(H,15,16). The molecular formula is C12H16N2O3. The van der Waals surface area contributed by atoms with Crippen molar-refractivity contribution in [2.45, 2.75) is 6.42 Å². The highest BCUT2D eigenvalue weighted by Crippen LogP contribution is 2.28. The molecule has 1 aromatic rings. The molecule has 1 heterocycles. The van der Waals surface area contributed by atoms with Crippen LogP contribution < -0.4 is 10.6 Å². The summed E-state index contributed by atoms with van der Waals surface area (Å²) in [7, 11) is 0. The molecule has 92 valence electrons. The fraction of sp³-hybridized carbons (Fsp3) is 0.417. The average Bonchev–Trinajstić information content (AvgIpc) is 2.57. The van der Waals surface area contributed by atoms with Gasteiger partial charge in [0.2, 0.25) is 0 Å². The number of para-hydroxylation sites is 1. The first-order chi connectivity index (χ1) is 8.20. The van der Waals surface area contributed by atoms with Crippen LogP contribution in [0.4, 0.5) is 11.4 Å². The third-order valence-electron chi connectivity index (χ3n) is 2.84. The summed E-state index contributed by atoms with van der Waals surface area (Å²) in [6.45, 7) is 2.77. The van der Waals surface area contributed by atoms with E-state index in [9.17, 15) is 9.90 Å². The molecule has 17 heavy (non-hydrogen) atoms. The Balaban J connectivity index is 2.37. The SMILES string of the molecule is Nc1cccc(C(=O)O)c1N1CCCOCC1. The van der Waals surface area contributed by atoms with Crippen molar-refractivity contribution < 1.29 is 14.6 Å². The van der Waals surface area contributed by atoms with Crippen LogP contribution in [-0.4, -0.2) is 37.4 Å². The molecule has 3 N–H and O–H groups in total. The van der Waals surface area contributed by atoms with Gasteiger partial charge in [-0.15, -0.1) is 0 Å². The number of nitrogens with zero attached hydrogens (tertiary/aromatic N) is 1. The summed E-state index contributed by atoms with van der Waals surface area (Å²) >= 11 is 0. The van der Waals surface area contributed by atoms with Crippen LogP contribution in [0.1, 0.15) is 16.8 Å². The van der Waals surface area contributed by atoms with Gasteiger partial charge in [0.05, 0.1) is 23.5 Å². The van der Waals surface area contributed by atoms with Gasteiger partial charge in [-0.25, -0.2) is 4.79 Å². The van der Waals surface area contributed by atoms with E-state index in [2.05, 4.69) is 0 Å². The highest BCUT2D eigenvalue weighted by atomic mass is 16.5. The highest BCUT2D eigenvalue weighted by molar-refractivity contribution is 5.98. The molecule has 5 heteroatoms. The second-order valence-corrected chi connectivity index (χ2v) is 4.00. The summed E-state index contributed by atoms with van der Waals surface area (Å²) in [5.74, 6) is -0.947. The summed E-state index contributed by atoms with van der Waals surface area (Å²) in [5, 5.41) is 9.18. The van der Waals surface area contributed by atoms with E-state index >= 15 is 0 Å². The Bertz CT molecular complexity index is 412. The lowest BCUT2D eigenvalue weighted by atomic mass is 10.1. The number of ether oxygens (including phenoxy) is 1. The van der Waals surface area contributed by atoms with Crippen molar-refractivity contribution in [2.24, 2.45) is 0 Å². The number of anilines is 2. The zero-order valence-electron chi connectivity index (χ0n) is 9.56. The third-order valence-corrected chi connectivity index (χ3v) is 2.84. The number of carbonyl (C=O) groups is 1. The zero-order chi connectivity index (χ0) is 12.3. The molecule has 0 saturated carbocycles. The van der Waals surface area contributed by atoms with Crippen LogP contribution in [0.5, 0.6) is 0 Å². The van der Waals surface area contributed by atoms with Gasteiger partial charge in [-0.1, -0.05) is 6.07 Å². The Hall–Kier alpha value is -1.75. The Morgan fingerprint density at radius 3 is 2.94 bits per heavy atom. The van der Waals surface area contributed by atoms with Gasteiger partial charge in [0.25, 0.3) is 0 Å². The van der Waals surface area contributed by atoms with Gasteiger partial charge in [-0.2, -0.15) is 0 Å². The van der Waals surface area contributed by atoms with Crippen LogP contribution in [0, 0.1) is 0 Å². The van der Waals surface area contributed by atoms with Crippen LogP contribution in [-0.2, 0) is 4.74 Å². The molecule has 1 aliphatic heterocycles. The van der Waals surface area contributed by atoms with Crippen molar-refractivity contribution >= 4 is 17.3 Å². The monoisotopic (exact) mass is 236 g/mol. The highest BCUT2D eigenvalue weighted by Gasteiger charge is 2.19. The van der Waals surface area contributed by atoms with E-state index < -0.39 is 5.97 Å². The van der Waals surface area contributed by atoms with Crippen molar-refractivity contribution in [1.82, 2.24) is 0 Å². The molecule has 0 amide bonds. The zero-order valence-corrected chi connectivity index (χ0v) is 9.56. The Morgan fingerprint density at radius 2 is 2.18 bits per heavy atom. The fourth-order valence-electron chi connectivity index (χ4n) is 2.06. The number of aromatic carboxylic acids is 1. The molecule has 0 spiro atoms. The maximum absolute atomic E-state index is 11.2. The Labute approximate surface area is 99.8 Å². The minimum absolute atomic E-state index is 0.256. The van der Waals surface area contributed by atoms with Crippen LogP contribution in [0.2, 0.25) is 0 Å². The Morgan fingerprint density at radius 1 is 1.35 bits per heavy atom. The van der Waals surface area contributed by atoms with Crippen LogP contribution in [0.25, 0.3) is 0 Å². The topological polar surface area (TPSA) is 75.8 Å². The maximum atomic E-state index is 11.2. The first-order valence-corrected chi connectivity index (χ1v) is 5.64. The number of hydrogen-bond donors (Lipinski definition) is 2. The smallest absolute Gasteiger partial charge is 0.337 e. The summed E-state index contributed by atoms with van der Waals surface area (Å²) in [4.78, 5) is 13.2. The first-order valence-electron chi connectivity index (χ1n) is 5.64. The third kappa shape index (κ3) is 2.50. The van der Waals surface area contributed by atoms with E-state index in [4.69, 9.17) is 10.5 Å². The molecular weight excluding hydrogens is 220 g/mol. The predicted octanol–water partition coefficient (Wildman–Crippen LogP) is 1.19. The lowest BCUT2D eigenvalue weighted by molar-refractivity contribution is 0.0697. The first kappa shape index (κ1) is 11.7. The average molecular weight is 236 g/mol. The minimum atomic E-state index is -0.947. The molecule has 0 aromatic heterocycles. The molecule has 1 saturated heterocycles. The molecule has 2 rings (SSSR count). The van der Waals surface area contributed by atoms with Gasteiger partial charge in [0.15, 0.2) is 0 Å². The van der Waals surface area contributed by atoms with Gasteiger partial charge in [0, 0.05) is 19.7 Å². The number of carboxylic acid groups (broad SMARTS) is 1. The number of benzene rings is 1. The van der Waals surface area contributed by atoms with Crippen molar-refractivity contribution in [1.29, 1.82) is 0 Å². The molecule has 0 aliphatic carbocycles. The number of nitrogens with two attached hydrogens (primary N) is 1. The van der Waals surface area contributed by atoms with Crippen LogP contribution in [0.3, 0.4) is 0 Å². The molecule has 1 aromatic carbocycles. The van der Waals surface area contributed by atoms with Crippen molar-refractivity contribution in [2.75, 3.05) is 36.9 Å². The summed E-state index contributed by atoms with van der Waals surface area (Å²) in [6.07, 6.45) is 0.882. The molecule has 0 atom stereocenters. The minimum Gasteiger partial charge on any atom is -0.478 e. The van der Waals surface area contributed by atoms with Gasteiger partial charge < -0.3 is 20.5 Å². The van der Waals surface area contributed by atoms with Gasteiger partial charge in [-0.05, 0) is 18.6 Å². The normalized spacial score (nSPS) is 16.6. The van der Waals surface area contributed by atoms with E-state index in [0.29, 0.717) is 31.1 Å². The number of hydrogen-bond acceptors (Lipinski definition) is 4. The fourth-order valence-corrected chi connectivity index (χ4v) is 2.06. The van der Waals surface area contributed by atoms with Crippen molar-refractivity contribution in [3.8, 4) is 0 Å². The van der Waals surface area contributed by atoms with Gasteiger partial charge >= 0.3 is 5.97 Å². The molecule has 1 fully saturated rings. The number of carboxylic acids is 1. The van der Waals surface area contributed by atoms with E-state index in [-0.39, 0.29) is 5.56 Å². The van der Waals surface area contributed by atoms with E-state index in [0.717, 1.165) is 13.0 Å². The van der Waals surface area contributed by atoms with Crippen LogP contribution >= 0.6 is 0 Å². The predicted molar refractivity (Wildman–Crippen MR) is 65.5 cm³/mol.